The van der Waals surface area contributed by atoms with Gasteiger partial charge in [-0.2, -0.15) is 0 Å². The maximum absolute atomic E-state index is 5.70. The first kappa shape index (κ1) is 8.97. The van der Waals surface area contributed by atoms with Crippen LogP contribution in [0.15, 0.2) is 23.8 Å². The van der Waals surface area contributed by atoms with Gasteiger partial charge >= 0.3 is 0 Å². The average molecular weight is 180 g/mol. The van der Waals surface area contributed by atoms with Crippen molar-refractivity contribution in [2.45, 2.75) is 38.6 Å². The first-order valence-electron chi connectivity index (χ1n) is 4.99. The van der Waals surface area contributed by atoms with E-state index in [0.717, 1.165) is 25.9 Å². The molecule has 2 rings (SSSR count). The Bertz CT molecular complexity index is 230. The van der Waals surface area contributed by atoms with Gasteiger partial charge in [0, 0.05) is 6.42 Å². The van der Waals surface area contributed by atoms with Crippen LogP contribution in [-0.4, -0.2) is 19.0 Å². The van der Waals surface area contributed by atoms with E-state index in [1.807, 2.05) is 6.92 Å². The van der Waals surface area contributed by atoms with Crippen LogP contribution in [0.2, 0.25) is 0 Å². The van der Waals surface area contributed by atoms with Crippen molar-refractivity contribution >= 4 is 0 Å². The van der Waals surface area contributed by atoms with Crippen LogP contribution in [0.1, 0.15) is 26.2 Å². The summed E-state index contributed by atoms with van der Waals surface area (Å²) in [6.07, 6.45) is 10.1. The minimum absolute atomic E-state index is 0.0365. The maximum Gasteiger partial charge on any atom is 0.155 e. The highest BCUT2D eigenvalue weighted by Crippen LogP contribution is 2.24. The van der Waals surface area contributed by atoms with Crippen molar-refractivity contribution in [2.75, 3.05) is 6.61 Å². The Morgan fingerprint density at radius 1 is 1.46 bits per heavy atom. The molecule has 1 aliphatic carbocycles. The summed E-state index contributed by atoms with van der Waals surface area (Å²) in [6.45, 7) is 2.79. The third-order valence-electron chi connectivity index (χ3n) is 2.55. The van der Waals surface area contributed by atoms with Gasteiger partial charge in [0.25, 0.3) is 0 Å². The zero-order valence-electron chi connectivity index (χ0n) is 8.03. The molecular formula is C11H16O2. The summed E-state index contributed by atoms with van der Waals surface area (Å²) in [4.78, 5) is 0. The fraction of sp³-hybridized carbons (Fsp3) is 0.636. The summed E-state index contributed by atoms with van der Waals surface area (Å²) in [6, 6.07) is 0. The maximum atomic E-state index is 5.70. The molecule has 72 valence electrons. The van der Waals surface area contributed by atoms with E-state index < -0.39 is 0 Å². The summed E-state index contributed by atoms with van der Waals surface area (Å²) >= 11 is 0. The molecule has 0 spiro atoms. The smallest absolute Gasteiger partial charge is 0.155 e. The van der Waals surface area contributed by atoms with E-state index in [4.69, 9.17) is 9.47 Å². The first-order valence-corrected chi connectivity index (χ1v) is 4.99. The van der Waals surface area contributed by atoms with E-state index in [2.05, 4.69) is 18.2 Å². The van der Waals surface area contributed by atoms with E-state index >= 15 is 0 Å². The molecule has 2 aliphatic rings. The summed E-state index contributed by atoms with van der Waals surface area (Å²) in [5.41, 5.74) is 1.43. The third kappa shape index (κ3) is 2.20. The van der Waals surface area contributed by atoms with Gasteiger partial charge in [-0.25, -0.2) is 0 Å². The lowest BCUT2D eigenvalue weighted by Gasteiger charge is -2.30. The molecule has 0 aromatic carbocycles. The molecule has 1 aliphatic heterocycles. The van der Waals surface area contributed by atoms with Crippen molar-refractivity contribution in [1.82, 2.24) is 0 Å². The predicted molar refractivity (Wildman–Crippen MR) is 51.4 cm³/mol. The predicted octanol–water partition coefficient (Wildman–Crippen LogP) is 2.41. The van der Waals surface area contributed by atoms with Gasteiger partial charge in [0.1, 0.15) is 0 Å². The highest BCUT2D eigenvalue weighted by Gasteiger charge is 2.22. The molecule has 2 heteroatoms. The second-order valence-corrected chi connectivity index (χ2v) is 3.56. The Hall–Kier alpha value is -0.600. The largest absolute Gasteiger partial charge is 0.353 e. The van der Waals surface area contributed by atoms with Gasteiger partial charge in [-0.1, -0.05) is 18.2 Å². The van der Waals surface area contributed by atoms with E-state index in [9.17, 15) is 0 Å². The fourth-order valence-electron chi connectivity index (χ4n) is 1.84. The quantitative estimate of drug-likeness (QED) is 0.617. The van der Waals surface area contributed by atoms with Gasteiger partial charge in [-0.05, 0) is 25.3 Å². The van der Waals surface area contributed by atoms with E-state index in [1.54, 1.807) is 0 Å². The zero-order chi connectivity index (χ0) is 9.10. The van der Waals surface area contributed by atoms with Crippen LogP contribution >= 0.6 is 0 Å². The fourth-order valence-corrected chi connectivity index (χ4v) is 1.84. The number of hydrogen-bond acceptors (Lipinski definition) is 2. The molecule has 0 aromatic rings. The van der Waals surface area contributed by atoms with Crippen LogP contribution < -0.4 is 0 Å². The molecule has 0 radical (unpaired) electrons. The van der Waals surface area contributed by atoms with Crippen LogP contribution in [0, 0.1) is 0 Å². The van der Waals surface area contributed by atoms with Crippen LogP contribution in [0.4, 0.5) is 0 Å². The molecule has 1 unspecified atom stereocenters. The van der Waals surface area contributed by atoms with Gasteiger partial charge in [-0.3, -0.25) is 0 Å². The molecule has 2 atom stereocenters. The Labute approximate surface area is 79.2 Å². The average Bonchev–Trinajstić information content (AvgIpc) is 2.19. The van der Waals surface area contributed by atoms with E-state index in [0.29, 0.717) is 6.10 Å². The molecule has 0 N–H and O–H groups in total. The van der Waals surface area contributed by atoms with Crippen LogP contribution in [-0.2, 0) is 9.47 Å². The number of allylic oxidation sites excluding steroid dienone is 3. The lowest BCUT2D eigenvalue weighted by Crippen LogP contribution is -2.31. The normalized spacial score (nSPS) is 34.4. The number of hydrogen-bond donors (Lipinski definition) is 0. The molecule has 2 nitrogen and oxygen atoms in total. The molecular weight excluding hydrogens is 164 g/mol. The van der Waals surface area contributed by atoms with Crippen molar-refractivity contribution < 1.29 is 9.47 Å². The third-order valence-corrected chi connectivity index (χ3v) is 2.55. The second kappa shape index (κ2) is 4.07. The molecule has 1 heterocycles. The van der Waals surface area contributed by atoms with E-state index in [-0.39, 0.29) is 6.29 Å². The van der Waals surface area contributed by atoms with Crippen molar-refractivity contribution in [3.63, 3.8) is 0 Å². The van der Waals surface area contributed by atoms with Crippen molar-refractivity contribution in [3.05, 3.63) is 23.8 Å². The minimum Gasteiger partial charge on any atom is -0.353 e. The monoisotopic (exact) mass is 180 g/mol. The van der Waals surface area contributed by atoms with Gasteiger partial charge < -0.3 is 9.47 Å². The van der Waals surface area contributed by atoms with Gasteiger partial charge in [-0.15, -0.1) is 0 Å². The molecule has 13 heavy (non-hydrogen) atoms. The van der Waals surface area contributed by atoms with Crippen molar-refractivity contribution in [2.24, 2.45) is 0 Å². The standard InChI is InChI=1S/C11H16O2/c1-9-12-8-7-11(13-9)10-5-3-2-4-6-10/h2-3,5,9,11H,4,6-8H2,1H3/t9?,11-/m1/s1. The zero-order valence-corrected chi connectivity index (χ0v) is 8.03. The number of ether oxygens (including phenoxy) is 2. The Kier molecular flexibility index (Phi) is 2.81. The molecule has 0 bridgehead atoms. The summed E-state index contributed by atoms with van der Waals surface area (Å²) in [5.74, 6) is 0. The molecule has 0 saturated carbocycles. The summed E-state index contributed by atoms with van der Waals surface area (Å²) < 4.78 is 11.0. The second-order valence-electron chi connectivity index (χ2n) is 3.56. The van der Waals surface area contributed by atoms with Gasteiger partial charge in [0.15, 0.2) is 6.29 Å². The summed E-state index contributed by atoms with van der Waals surface area (Å²) in [7, 11) is 0. The highest BCUT2D eigenvalue weighted by molar-refractivity contribution is 5.21. The van der Waals surface area contributed by atoms with Crippen LogP contribution in [0.5, 0.6) is 0 Å². The Morgan fingerprint density at radius 2 is 2.38 bits per heavy atom. The molecule has 0 aromatic heterocycles. The lowest BCUT2D eigenvalue weighted by molar-refractivity contribution is -0.192. The molecule has 1 fully saturated rings. The summed E-state index contributed by atoms with van der Waals surface area (Å²) in [5, 5.41) is 0. The lowest BCUT2D eigenvalue weighted by atomic mass is 9.97. The van der Waals surface area contributed by atoms with Gasteiger partial charge in [0.2, 0.25) is 0 Å². The van der Waals surface area contributed by atoms with Crippen LogP contribution in [0.25, 0.3) is 0 Å². The highest BCUT2D eigenvalue weighted by atomic mass is 16.7. The SMILES string of the molecule is CC1OCC[C@H](C2=CC=CCC2)O1. The van der Waals surface area contributed by atoms with Crippen molar-refractivity contribution in [1.29, 1.82) is 0 Å². The first-order chi connectivity index (χ1) is 6.36. The molecule has 0 amide bonds. The van der Waals surface area contributed by atoms with Gasteiger partial charge in [0.05, 0.1) is 12.7 Å². The van der Waals surface area contributed by atoms with E-state index in [1.165, 1.54) is 5.57 Å². The Balaban J connectivity index is 1.98. The van der Waals surface area contributed by atoms with Crippen LogP contribution in [0.3, 0.4) is 0 Å². The topological polar surface area (TPSA) is 18.5 Å². The minimum atomic E-state index is -0.0365. The molecule has 1 saturated heterocycles. The number of rotatable bonds is 1. The van der Waals surface area contributed by atoms with Crippen molar-refractivity contribution in [3.8, 4) is 0 Å². The Morgan fingerprint density at radius 3 is 3.08 bits per heavy atom.